The van der Waals surface area contributed by atoms with Gasteiger partial charge in [-0.1, -0.05) is 49.3 Å². The van der Waals surface area contributed by atoms with E-state index in [1.165, 1.54) is 0 Å². The Bertz CT molecular complexity index is 808. The van der Waals surface area contributed by atoms with Crippen molar-refractivity contribution in [3.8, 4) is 0 Å². The number of nitrogens with zero attached hydrogens (tertiary/aromatic N) is 3. The van der Waals surface area contributed by atoms with E-state index in [0.29, 0.717) is 37.7 Å². The second-order valence-corrected chi connectivity index (χ2v) is 8.28. The molecule has 0 radical (unpaired) electrons. The zero-order valence-corrected chi connectivity index (χ0v) is 17.6. The van der Waals surface area contributed by atoms with Crippen molar-refractivity contribution in [1.29, 1.82) is 0 Å². The van der Waals surface area contributed by atoms with E-state index in [1.54, 1.807) is 11.0 Å². The summed E-state index contributed by atoms with van der Waals surface area (Å²) in [4.78, 5) is 28.7. The van der Waals surface area contributed by atoms with E-state index in [9.17, 15) is 9.59 Å². The van der Waals surface area contributed by atoms with E-state index in [1.807, 2.05) is 56.1 Å². The molecule has 1 aromatic carbocycles. The van der Waals surface area contributed by atoms with Crippen molar-refractivity contribution in [1.82, 2.24) is 15.0 Å². The molecule has 2 aromatic rings. The molecule has 0 atom stereocenters. The summed E-state index contributed by atoms with van der Waals surface area (Å²) in [5.74, 6) is 1.14. The number of hydrogen-bond acceptors (Lipinski definition) is 4. The molecule has 156 valence electrons. The monoisotopic (exact) mass is 397 g/mol. The fourth-order valence-corrected chi connectivity index (χ4v) is 3.71. The van der Waals surface area contributed by atoms with Gasteiger partial charge in [-0.2, -0.15) is 0 Å². The quantitative estimate of drug-likeness (QED) is 0.706. The number of rotatable bonds is 7. The van der Waals surface area contributed by atoms with Gasteiger partial charge in [0.2, 0.25) is 11.7 Å². The Balaban J connectivity index is 1.41. The van der Waals surface area contributed by atoms with Crippen LogP contribution < -0.4 is 0 Å². The number of aromatic nitrogens is 1. The average Bonchev–Trinajstić information content (AvgIpc) is 3.23. The summed E-state index contributed by atoms with van der Waals surface area (Å²) in [6.45, 7) is 6.10. The van der Waals surface area contributed by atoms with E-state index < -0.39 is 0 Å². The Labute approximate surface area is 172 Å². The Hall–Kier alpha value is -2.63. The third-order valence-corrected chi connectivity index (χ3v) is 5.69. The van der Waals surface area contributed by atoms with Gasteiger partial charge in [0.25, 0.3) is 5.91 Å². The maximum absolute atomic E-state index is 12.6. The summed E-state index contributed by atoms with van der Waals surface area (Å²) in [6.07, 6.45) is 3.28. The van der Waals surface area contributed by atoms with Crippen LogP contribution in [0, 0.1) is 5.92 Å². The largest absolute Gasteiger partial charge is 0.351 e. The molecule has 2 heterocycles. The molecule has 0 unspecified atom stereocenters. The molecular weight excluding hydrogens is 366 g/mol. The summed E-state index contributed by atoms with van der Waals surface area (Å²) in [5.41, 5.74) is 1.95. The minimum absolute atomic E-state index is 0.0819. The standard InChI is InChI=1S/C23H31N3O3/c1-17(2)20-15-21(29-24-20)23(28)26-13-11-18(12-14-26)9-10-22(27)25(3)16-19-7-5-4-6-8-19/h4-8,15,17-18H,9-14,16H2,1-3H3. The fourth-order valence-electron chi connectivity index (χ4n) is 3.71. The maximum atomic E-state index is 12.6. The smallest absolute Gasteiger partial charge is 0.292 e. The first-order valence-corrected chi connectivity index (χ1v) is 10.5. The number of likely N-dealkylation sites (tertiary alicyclic amines) is 1. The third-order valence-electron chi connectivity index (χ3n) is 5.69. The van der Waals surface area contributed by atoms with Gasteiger partial charge in [-0.3, -0.25) is 9.59 Å². The van der Waals surface area contributed by atoms with Crippen LogP contribution in [0.4, 0.5) is 0 Å². The highest BCUT2D eigenvalue weighted by Crippen LogP contribution is 2.24. The minimum atomic E-state index is -0.0819. The summed E-state index contributed by atoms with van der Waals surface area (Å²) in [6, 6.07) is 11.8. The van der Waals surface area contributed by atoms with Crippen molar-refractivity contribution >= 4 is 11.8 Å². The molecule has 1 aliphatic heterocycles. The number of piperidine rings is 1. The van der Waals surface area contributed by atoms with Crippen LogP contribution in [0.2, 0.25) is 0 Å². The molecule has 1 aliphatic rings. The van der Waals surface area contributed by atoms with Gasteiger partial charge >= 0.3 is 0 Å². The Morgan fingerprint density at radius 3 is 2.52 bits per heavy atom. The fraction of sp³-hybridized carbons (Fsp3) is 0.522. The van der Waals surface area contributed by atoms with Crippen LogP contribution in [0.3, 0.4) is 0 Å². The van der Waals surface area contributed by atoms with E-state index in [4.69, 9.17) is 4.52 Å². The minimum Gasteiger partial charge on any atom is -0.351 e. The highest BCUT2D eigenvalue weighted by molar-refractivity contribution is 5.91. The van der Waals surface area contributed by atoms with Crippen molar-refractivity contribution < 1.29 is 14.1 Å². The molecule has 3 rings (SSSR count). The second-order valence-electron chi connectivity index (χ2n) is 8.28. The molecule has 0 bridgehead atoms. The van der Waals surface area contributed by atoms with Crippen LogP contribution in [-0.2, 0) is 11.3 Å². The van der Waals surface area contributed by atoms with Crippen LogP contribution in [0.5, 0.6) is 0 Å². The molecule has 1 saturated heterocycles. The molecule has 1 aromatic heterocycles. The van der Waals surface area contributed by atoms with E-state index >= 15 is 0 Å². The SMILES string of the molecule is CC(C)c1cc(C(=O)N2CCC(CCC(=O)N(C)Cc3ccccc3)CC2)on1. The zero-order chi connectivity index (χ0) is 20.8. The summed E-state index contributed by atoms with van der Waals surface area (Å²) >= 11 is 0. The number of hydrogen-bond donors (Lipinski definition) is 0. The van der Waals surface area contributed by atoms with Gasteiger partial charge < -0.3 is 14.3 Å². The summed E-state index contributed by atoms with van der Waals surface area (Å²) < 4.78 is 5.23. The molecule has 1 fully saturated rings. The first kappa shape index (κ1) is 21.1. The molecule has 0 spiro atoms. The number of carbonyl (C=O) groups is 2. The number of carbonyl (C=O) groups excluding carboxylic acids is 2. The molecule has 0 saturated carbocycles. The lowest BCUT2D eigenvalue weighted by atomic mass is 9.92. The van der Waals surface area contributed by atoms with Crippen molar-refractivity contribution in [2.75, 3.05) is 20.1 Å². The van der Waals surface area contributed by atoms with Gasteiger partial charge in [0, 0.05) is 39.2 Å². The van der Waals surface area contributed by atoms with Crippen molar-refractivity contribution in [3.05, 3.63) is 53.4 Å². The average molecular weight is 398 g/mol. The van der Waals surface area contributed by atoms with Crippen LogP contribution in [-0.4, -0.2) is 46.9 Å². The predicted molar refractivity (Wildman–Crippen MR) is 111 cm³/mol. The molecule has 0 aliphatic carbocycles. The maximum Gasteiger partial charge on any atom is 0.292 e. The van der Waals surface area contributed by atoms with Crippen molar-refractivity contribution in [2.45, 2.75) is 52.0 Å². The van der Waals surface area contributed by atoms with Crippen LogP contribution in [0.25, 0.3) is 0 Å². The Morgan fingerprint density at radius 1 is 1.21 bits per heavy atom. The molecule has 2 amide bonds. The van der Waals surface area contributed by atoms with Gasteiger partial charge in [-0.15, -0.1) is 0 Å². The van der Waals surface area contributed by atoms with E-state index in [-0.39, 0.29) is 17.7 Å². The summed E-state index contributed by atoms with van der Waals surface area (Å²) in [5, 5.41) is 3.98. The first-order chi connectivity index (χ1) is 13.9. The number of amides is 2. The lowest BCUT2D eigenvalue weighted by molar-refractivity contribution is -0.130. The highest BCUT2D eigenvalue weighted by atomic mass is 16.5. The van der Waals surface area contributed by atoms with Gasteiger partial charge in [-0.25, -0.2) is 0 Å². The predicted octanol–water partition coefficient (Wildman–Crippen LogP) is 4.09. The first-order valence-electron chi connectivity index (χ1n) is 10.5. The molecule has 6 nitrogen and oxygen atoms in total. The molecule has 6 heteroatoms. The van der Waals surface area contributed by atoms with Crippen LogP contribution in [0.1, 0.15) is 67.3 Å². The van der Waals surface area contributed by atoms with E-state index in [2.05, 4.69) is 5.16 Å². The summed E-state index contributed by atoms with van der Waals surface area (Å²) in [7, 11) is 1.86. The second kappa shape index (κ2) is 9.72. The van der Waals surface area contributed by atoms with Crippen molar-refractivity contribution in [2.24, 2.45) is 5.92 Å². The lowest BCUT2D eigenvalue weighted by Crippen LogP contribution is -2.38. The Morgan fingerprint density at radius 2 is 1.90 bits per heavy atom. The molecule has 29 heavy (non-hydrogen) atoms. The normalized spacial score (nSPS) is 15.0. The third kappa shape index (κ3) is 5.68. The lowest BCUT2D eigenvalue weighted by Gasteiger charge is -2.31. The molecule has 0 N–H and O–H groups in total. The van der Waals surface area contributed by atoms with Gasteiger partial charge in [-0.05, 0) is 36.7 Å². The molecular formula is C23H31N3O3. The van der Waals surface area contributed by atoms with Crippen LogP contribution in [0.15, 0.2) is 40.9 Å². The Kier molecular flexibility index (Phi) is 7.07. The number of benzene rings is 1. The van der Waals surface area contributed by atoms with Gasteiger partial charge in [0.05, 0.1) is 5.69 Å². The topological polar surface area (TPSA) is 66.7 Å². The van der Waals surface area contributed by atoms with Crippen LogP contribution >= 0.6 is 0 Å². The van der Waals surface area contributed by atoms with E-state index in [0.717, 1.165) is 30.5 Å². The van der Waals surface area contributed by atoms with Crippen molar-refractivity contribution in [3.63, 3.8) is 0 Å². The van der Waals surface area contributed by atoms with Gasteiger partial charge in [0.1, 0.15) is 0 Å². The zero-order valence-electron chi connectivity index (χ0n) is 17.6. The highest BCUT2D eigenvalue weighted by Gasteiger charge is 2.27. The van der Waals surface area contributed by atoms with Gasteiger partial charge in [0.15, 0.2) is 0 Å².